The van der Waals surface area contributed by atoms with Gasteiger partial charge in [0.1, 0.15) is 17.7 Å². The summed E-state index contributed by atoms with van der Waals surface area (Å²) in [5.74, 6) is -5.50. The largest absolute Gasteiger partial charge is 0.480 e. The number of halogens is 2. The van der Waals surface area contributed by atoms with Crippen molar-refractivity contribution < 1.29 is 36.6 Å². The number of aromatic nitrogens is 6. The summed E-state index contributed by atoms with van der Waals surface area (Å²) in [6.45, 7) is 0. The molecule has 0 radical (unpaired) electrons. The van der Waals surface area contributed by atoms with Crippen LogP contribution in [0, 0.1) is 11.6 Å². The Balaban J connectivity index is 1.15. The van der Waals surface area contributed by atoms with E-state index in [9.17, 15) is 32.7 Å². The van der Waals surface area contributed by atoms with Crippen LogP contribution in [0.25, 0.3) is 27.7 Å². The van der Waals surface area contributed by atoms with Crippen LogP contribution in [0.2, 0.25) is 0 Å². The third-order valence-corrected chi connectivity index (χ3v) is 9.39. The summed E-state index contributed by atoms with van der Waals surface area (Å²) >= 11 is 0. The van der Waals surface area contributed by atoms with Crippen LogP contribution in [0.15, 0.2) is 100 Å². The average molecular weight is 745 g/mol. The predicted octanol–water partition coefficient (Wildman–Crippen LogP) is 2.45. The molecule has 19 heteroatoms. The molecule has 6 aromatic rings. The molecule has 270 valence electrons. The van der Waals surface area contributed by atoms with Crippen molar-refractivity contribution in [2.75, 3.05) is 11.8 Å². The summed E-state index contributed by atoms with van der Waals surface area (Å²) in [5.41, 5.74) is -1.36. The van der Waals surface area contributed by atoms with Gasteiger partial charge in [-0.1, -0.05) is 12.1 Å². The van der Waals surface area contributed by atoms with Crippen LogP contribution >= 0.6 is 0 Å². The SMILES string of the molecule is COc1ncc(-c2ccc(S(=O)(=O)Nc3cc(F)c(C(=O)N[C@@H](Cc4ccc(-n5c(=O)c6ccncc6n(C)c5=O)cn4)C(=O)O)cc3F)cc2)cn1. The first-order chi connectivity index (χ1) is 25.3. The Morgan fingerprint density at radius 3 is 2.28 bits per heavy atom. The fourth-order valence-electron chi connectivity index (χ4n) is 5.24. The minimum Gasteiger partial charge on any atom is -0.480 e. The number of hydrogen-bond donors (Lipinski definition) is 3. The van der Waals surface area contributed by atoms with Crippen LogP contribution < -0.4 is 26.0 Å². The van der Waals surface area contributed by atoms with E-state index >= 15 is 8.78 Å². The molecule has 2 aromatic carbocycles. The number of carbonyl (C=O) groups is 2. The van der Waals surface area contributed by atoms with E-state index in [1.165, 1.54) is 92.2 Å². The Morgan fingerprint density at radius 1 is 0.925 bits per heavy atom. The van der Waals surface area contributed by atoms with Gasteiger partial charge < -0.3 is 15.2 Å². The summed E-state index contributed by atoms with van der Waals surface area (Å²) < 4.78 is 65.2. The molecule has 4 aromatic heterocycles. The Hall–Kier alpha value is -6.89. The van der Waals surface area contributed by atoms with E-state index in [0.29, 0.717) is 28.8 Å². The van der Waals surface area contributed by atoms with E-state index in [1.807, 2.05) is 4.72 Å². The smallest absolute Gasteiger partial charge is 0.335 e. The first kappa shape index (κ1) is 35.9. The summed E-state index contributed by atoms with van der Waals surface area (Å²) in [5, 5.41) is 12.1. The minimum absolute atomic E-state index is 0.0860. The number of fused-ring (bicyclic) bond motifs is 1. The third kappa shape index (κ3) is 7.31. The third-order valence-electron chi connectivity index (χ3n) is 8.01. The molecular weight excluding hydrogens is 718 g/mol. The number of pyridine rings is 2. The molecule has 16 nitrogen and oxygen atoms in total. The molecule has 0 aliphatic rings. The number of anilines is 1. The van der Waals surface area contributed by atoms with E-state index < -0.39 is 68.5 Å². The van der Waals surface area contributed by atoms with Crippen LogP contribution in [0.4, 0.5) is 14.5 Å². The molecule has 1 amide bonds. The maximum Gasteiger partial charge on any atom is 0.335 e. The molecule has 6 rings (SSSR count). The van der Waals surface area contributed by atoms with Gasteiger partial charge in [0.2, 0.25) is 0 Å². The van der Waals surface area contributed by atoms with Crippen LogP contribution in [0.3, 0.4) is 0 Å². The number of carbonyl (C=O) groups excluding carboxylic acids is 1. The molecule has 1 atom stereocenters. The molecule has 0 bridgehead atoms. The van der Waals surface area contributed by atoms with Gasteiger partial charge in [-0.2, -0.15) is 0 Å². The Kier molecular flexibility index (Phi) is 9.75. The first-order valence-electron chi connectivity index (χ1n) is 15.3. The van der Waals surface area contributed by atoms with Crippen molar-refractivity contribution in [1.82, 2.24) is 34.4 Å². The first-order valence-corrected chi connectivity index (χ1v) is 16.8. The van der Waals surface area contributed by atoms with Gasteiger partial charge in [-0.15, -0.1) is 0 Å². The molecule has 3 N–H and O–H groups in total. The lowest BCUT2D eigenvalue weighted by molar-refractivity contribution is -0.139. The number of hydrogen-bond acceptors (Lipinski definition) is 11. The number of sulfonamides is 1. The van der Waals surface area contributed by atoms with Gasteiger partial charge in [-0.25, -0.2) is 41.3 Å². The summed E-state index contributed by atoms with van der Waals surface area (Å²) in [7, 11) is -1.56. The highest BCUT2D eigenvalue weighted by Crippen LogP contribution is 2.25. The molecule has 0 saturated carbocycles. The maximum absolute atomic E-state index is 15.1. The highest BCUT2D eigenvalue weighted by atomic mass is 32.2. The number of benzene rings is 2. The van der Waals surface area contributed by atoms with Crippen molar-refractivity contribution in [2.24, 2.45) is 7.05 Å². The maximum atomic E-state index is 15.1. The van der Waals surface area contributed by atoms with Gasteiger partial charge in [0.25, 0.3) is 21.5 Å². The molecular formula is C34H26F2N8O8S. The van der Waals surface area contributed by atoms with E-state index in [0.717, 1.165) is 4.57 Å². The van der Waals surface area contributed by atoms with Crippen LogP contribution in [0.5, 0.6) is 6.01 Å². The number of aliphatic carboxylic acids is 1. The fraction of sp³-hybridized carbons (Fsp3) is 0.118. The van der Waals surface area contributed by atoms with E-state index in [4.69, 9.17) is 4.74 Å². The van der Waals surface area contributed by atoms with Gasteiger partial charge >= 0.3 is 17.7 Å². The second kappa shape index (κ2) is 14.4. The number of carboxylic acid groups (broad SMARTS) is 1. The number of methoxy groups -OCH3 is 1. The highest BCUT2D eigenvalue weighted by molar-refractivity contribution is 7.92. The number of nitrogens with zero attached hydrogens (tertiary/aromatic N) is 6. The van der Waals surface area contributed by atoms with Crippen molar-refractivity contribution in [3.8, 4) is 22.8 Å². The van der Waals surface area contributed by atoms with Crippen LogP contribution in [0.1, 0.15) is 16.1 Å². The number of ether oxygens (including phenoxy) is 1. The van der Waals surface area contributed by atoms with Gasteiger partial charge in [0, 0.05) is 49.4 Å². The quantitative estimate of drug-likeness (QED) is 0.174. The number of amides is 1. The lowest BCUT2D eigenvalue weighted by atomic mass is 10.1. The molecule has 4 heterocycles. The minimum atomic E-state index is -4.43. The van der Waals surface area contributed by atoms with Crippen molar-refractivity contribution in [3.63, 3.8) is 0 Å². The van der Waals surface area contributed by atoms with Crippen molar-refractivity contribution >= 4 is 38.5 Å². The molecule has 0 aliphatic carbocycles. The molecule has 53 heavy (non-hydrogen) atoms. The lowest BCUT2D eigenvalue weighted by Gasteiger charge is -2.16. The van der Waals surface area contributed by atoms with Gasteiger partial charge in [0.15, 0.2) is 0 Å². The van der Waals surface area contributed by atoms with E-state index in [-0.39, 0.29) is 27.7 Å². The topological polar surface area (TPSA) is 217 Å². The molecule has 0 spiro atoms. The monoisotopic (exact) mass is 744 g/mol. The van der Waals surface area contributed by atoms with E-state index in [2.05, 4.69) is 25.3 Å². The molecule has 0 saturated heterocycles. The number of rotatable bonds is 11. The normalized spacial score (nSPS) is 11.9. The lowest BCUT2D eigenvalue weighted by Crippen LogP contribution is -2.42. The van der Waals surface area contributed by atoms with Crippen LogP contribution in [-0.2, 0) is 28.3 Å². The second-order valence-corrected chi connectivity index (χ2v) is 13.0. The summed E-state index contributed by atoms with van der Waals surface area (Å²) in [4.78, 5) is 66.7. The molecule has 0 fully saturated rings. The zero-order chi connectivity index (χ0) is 38.0. The number of nitrogens with one attached hydrogen (secondary N) is 2. The van der Waals surface area contributed by atoms with Gasteiger partial charge in [-0.3, -0.25) is 28.8 Å². The highest BCUT2D eigenvalue weighted by Gasteiger charge is 2.26. The average Bonchev–Trinajstić information content (AvgIpc) is 3.15. The fourth-order valence-corrected chi connectivity index (χ4v) is 6.30. The second-order valence-electron chi connectivity index (χ2n) is 11.4. The van der Waals surface area contributed by atoms with E-state index in [1.54, 1.807) is 0 Å². The summed E-state index contributed by atoms with van der Waals surface area (Å²) in [6.07, 6.45) is 6.46. The summed E-state index contributed by atoms with van der Waals surface area (Å²) in [6, 6.07) is 8.87. The Bertz CT molecular complexity index is 2620. The van der Waals surface area contributed by atoms with Crippen molar-refractivity contribution in [2.45, 2.75) is 17.4 Å². The van der Waals surface area contributed by atoms with Gasteiger partial charge in [-0.05, 0) is 42.0 Å². The Morgan fingerprint density at radius 2 is 1.64 bits per heavy atom. The zero-order valence-electron chi connectivity index (χ0n) is 27.5. The molecule has 0 unspecified atom stereocenters. The van der Waals surface area contributed by atoms with Crippen molar-refractivity contribution in [3.05, 3.63) is 129 Å². The van der Waals surface area contributed by atoms with Gasteiger partial charge in [0.05, 0.1) is 52.2 Å². The zero-order valence-corrected chi connectivity index (χ0v) is 28.3. The standard InChI is InChI=1S/C34H26F2N8O8S/c1-43-29-17-37-10-9-23(29)31(46)44(34(43)49)21-6-5-20(38-16-21)11-28(32(47)48)41-30(45)24-12-26(36)27(13-25(24)35)42-53(50,51)22-7-3-18(4-8-22)19-14-39-33(52-2)40-15-19/h3-10,12-17,28,42H,11H2,1-2H3,(H,41,45)(H,47,48)/t28-/m0/s1. The number of aryl methyl sites for hydroxylation is 1. The van der Waals surface area contributed by atoms with Crippen molar-refractivity contribution in [1.29, 1.82) is 0 Å². The predicted molar refractivity (Wildman–Crippen MR) is 184 cm³/mol. The van der Waals surface area contributed by atoms with Crippen LogP contribution in [-0.4, -0.2) is 67.6 Å². The number of carboxylic acids is 1. The molecule has 0 aliphatic heterocycles. The Labute approximate surface area is 297 Å².